The van der Waals surface area contributed by atoms with Gasteiger partial charge in [0, 0.05) is 13.1 Å². The number of aliphatic carboxylic acids is 1. The van der Waals surface area contributed by atoms with E-state index in [1.807, 2.05) is 0 Å². The number of carboxylic acid groups (broad SMARTS) is 1. The highest BCUT2D eigenvalue weighted by Crippen LogP contribution is 2.49. The Morgan fingerprint density at radius 1 is 1.27 bits per heavy atom. The number of carboxylic acids is 1. The molecule has 0 aromatic rings. The average Bonchev–Trinajstić information content (AvgIpc) is 3.02. The zero-order valence-electron chi connectivity index (χ0n) is 12.0. The summed E-state index contributed by atoms with van der Waals surface area (Å²) in [5.74, 6) is -1.64. The number of nitrogens with one attached hydrogen (secondary N) is 1. The van der Waals surface area contributed by atoms with Crippen molar-refractivity contribution in [1.82, 2.24) is 10.2 Å². The number of alkyl halides is 3. The lowest BCUT2D eigenvalue weighted by molar-refractivity contribution is -0.158. The van der Waals surface area contributed by atoms with Gasteiger partial charge in [-0.05, 0) is 37.5 Å². The van der Waals surface area contributed by atoms with Gasteiger partial charge in [-0.1, -0.05) is 6.42 Å². The highest BCUT2D eigenvalue weighted by Gasteiger charge is 2.57. The van der Waals surface area contributed by atoms with Crippen molar-refractivity contribution in [2.75, 3.05) is 13.1 Å². The van der Waals surface area contributed by atoms with E-state index in [0.29, 0.717) is 25.7 Å². The lowest BCUT2D eigenvalue weighted by Crippen LogP contribution is -2.52. The summed E-state index contributed by atoms with van der Waals surface area (Å²) in [7, 11) is 0. The van der Waals surface area contributed by atoms with Crippen LogP contribution in [-0.2, 0) is 4.79 Å². The predicted octanol–water partition coefficient (Wildman–Crippen LogP) is 2.22. The van der Waals surface area contributed by atoms with Crippen LogP contribution < -0.4 is 5.32 Å². The van der Waals surface area contributed by atoms with E-state index in [1.165, 1.54) is 4.90 Å². The van der Waals surface area contributed by atoms with Gasteiger partial charge in [0.15, 0.2) is 0 Å². The average molecular weight is 320 g/mol. The maximum Gasteiger partial charge on any atom is 0.408 e. The molecule has 5 nitrogen and oxygen atoms in total. The van der Waals surface area contributed by atoms with E-state index in [-0.39, 0.29) is 19.0 Å². The Hall–Kier alpha value is -1.47. The number of amides is 2. The van der Waals surface area contributed by atoms with Gasteiger partial charge >= 0.3 is 18.2 Å². The van der Waals surface area contributed by atoms with Crippen LogP contribution in [0.4, 0.5) is 18.0 Å². The van der Waals surface area contributed by atoms with E-state index in [4.69, 9.17) is 0 Å². The van der Waals surface area contributed by atoms with Gasteiger partial charge in [-0.3, -0.25) is 4.79 Å². The SMILES string of the molecule is O=C(NC(C1CC1)C(F)(F)F)N1C[C@@H]2CCC[C@@]2(C(=O)O)C1. The third-order valence-electron chi connectivity index (χ3n) is 5.31. The minimum absolute atomic E-state index is 0.00801. The number of rotatable bonds is 3. The monoisotopic (exact) mass is 320 g/mol. The second-order valence-electron chi connectivity index (χ2n) is 6.74. The van der Waals surface area contributed by atoms with Crippen molar-refractivity contribution in [1.29, 1.82) is 0 Å². The molecule has 1 saturated heterocycles. The van der Waals surface area contributed by atoms with Crippen LogP contribution in [0.2, 0.25) is 0 Å². The van der Waals surface area contributed by atoms with Crippen LogP contribution in [0.1, 0.15) is 32.1 Å². The van der Waals surface area contributed by atoms with Gasteiger partial charge < -0.3 is 15.3 Å². The molecule has 3 rings (SSSR count). The first-order chi connectivity index (χ1) is 10.2. The van der Waals surface area contributed by atoms with Gasteiger partial charge in [0.25, 0.3) is 0 Å². The number of likely N-dealkylation sites (tertiary alicyclic amines) is 1. The summed E-state index contributed by atoms with van der Waals surface area (Å²) >= 11 is 0. The van der Waals surface area contributed by atoms with Crippen molar-refractivity contribution >= 4 is 12.0 Å². The zero-order chi connectivity index (χ0) is 16.1. The molecule has 1 aliphatic heterocycles. The molecule has 1 unspecified atom stereocenters. The molecule has 1 heterocycles. The topological polar surface area (TPSA) is 69.6 Å². The Morgan fingerprint density at radius 2 is 1.95 bits per heavy atom. The van der Waals surface area contributed by atoms with Gasteiger partial charge in [0.2, 0.25) is 0 Å². The van der Waals surface area contributed by atoms with E-state index in [1.54, 1.807) is 0 Å². The maximum atomic E-state index is 13.0. The molecule has 0 bridgehead atoms. The molecule has 0 spiro atoms. The van der Waals surface area contributed by atoms with Crippen LogP contribution >= 0.6 is 0 Å². The Balaban J connectivity index is 1.68. The number of carbonyl (C=O) groups excluding carboxylic acids is 1. The Kier molecular flexibility index (Phi) is 3.52. The molecular formula is C14H19F3N2O3. The Morgan fingerprint density at radius 3 is 2.45 bits per heavy atom. The van der Waals surface area contributed by atoms with Crippen molar-refractivity contribution in [2.24, 2.45) is 17.3 Å². The molecule has 8 heteroatoms. The fourth-order valence-electron chi connectivity index (χ4n) is 3.91. The van der Waals surface area contributed by atoms with Gasteiger partial charge in [0.05, 0.1) is 5.41 Å². The first kappa shape index (κ1) is 15.4. The molecule has 0 aromatic carbocycles. The third kappa shape index (κ3) is 2.52. The summed E-state index contributed by atoms with van der Waals surface area (Å²) in [6.07, 6.45) is -1.54. The van der Waals surface area contributed by atoms with E-state index < -0.39 is 35.6 Å². The molecule has 3 aliphatic rings. The lowest BCUT2D eigenvalue weighted by atomic mass is 9.81. The molecule has 22 heavy (non-hydrogen) atoms. The summed E-state index contributed by atoms with van der Waals surface area (Å²) in [5.41, 5.74) is -0.968. The maximum absolute atomic E-state index is 13.0. The van der Waals surface area contributed by atoms with Crippen LogP contribution in [0.15, 0.2) is 0 Å². The normalized spacial score (nSPS) is 32.7. The van der Waals surface area contributed by atoms with Crippen molar-refractivity contribution in [3.8, 4) is 0 Å². The second kappa shape index (κ2) is 5.03. The van der Waals surface area contributed by atoms with Crippen LogP contribution in [0, 0.1) is 17.3 Å². The summed E-state index contributed by atoms with van der Waals surface area (Å²) in [6.45, 7) is 0.238. The molecule has 2 aliphatic carbocycles. The first-order valence-corrected chi connectivity index (χ1v) is 7.59. The van der Waals surface area contributed by atoms with Gasteiger partial charge in [-0.15, -0.1) is 0 Å². The molecule has 3 fully saturated rings. The van der Waals surface area contributed by atoms with Gasteiger partial charge in [0.1, 0.15) is 6.04 Å². The van der Waals surface area contributed by atoms with E-state index in [0.717, 1.165) is 6.42 Å². The van der Waals surface area contributed by atoms with Crippen molar-refractivity contribution < 1.29 is 27.9 Å². The number of hydrogen-bond donors (Lipinski definition) is 2. The van der Waals surface area contributed by atoms with Crippen molar-refractivity contribution in [3.05, 3.63) is 0 Å². The number of halogens is 3. The van der Waals surface area contributed by atoms with Crippen LogP contribution in [-0.4, -0.2) is 47.3 Å². The number of nitrogens with zero attached hydrogens (tertiary/aromatic N) is 1. The fourth-order valence-corrected chi connectivity index (χ4v) is 3.91. The Bertz CT molecular complexity index is 492. The van der Waals surface area contributed by atoms with E-state index in [9.17, 15) is 27.9 Å². The first-order valence-electron chi connectivity index (χ1n) is 7.59. The molecule has 2 saturated carbocycles. The Labute approximate surface area is 125 Å². The lowest BCUT2D eigenvalue weighted by Gasteiger charge is -2.26. The van der Waals surface area contributed by atoms with E-state index >= 15 is 0 Å². The molecule has 124 valence electrons. The number of urea groups is 1. The standard InChI is InChI=1S/C14H19F3N2O3/c15-14(16,17)10(8-3-4-8)18-12(22)19-6-9-2-1-5-13(9,7-19)11(20)21/h8-10H,1-7H2,(H,18,22)(H,20,21)/t9-,10?,13+/m0/s1. The minimum atomic E-state index is -4.46. The fraction of sp³-hybridized carbons (Fsp3) is 0.857. The molecule has 2 amide bonds. The van der Waals surface area contributed by atoms with Gasteiger partial charge in [-0.25, -0.2) is 4.79 Å². The molecular weight excluding hydrogens is 301 g/mol. The smallest absolute Gasteiger partial charge is 0.408 e. The number of hydrogen-bond acceptors (Lipinski definition) is 2. The molecule has 2 N–H and O–H groups in total. The largest absolute Gasteiger partial charge is 0.481 e. The summed E-state index contributed by atoms with van der Waals surface area (Å²) in [5, 5.41) is 11.5. The van der Waals surface area contributed by atoms with Gasteiger partial charge in [-0.2, -0.15) is 13.2 Å². The third-order valence-corrected chi connectivity index (χ3v) is 5.31. The zero-order valence-corrected chi connectivity index (χ0v) is 12.0. The predicted molar refractivity (Wildman–Crippen MR) is 70.1 cm³/mol. The summed E-state index contributed by atoms with van der Waals surface area (Å²) in [4.78, 5) is 24.9. The summed E-state index contributed by atoms with van der Waals surface area (Å²) < 4.78 is 38.9. The molecule has 3 atom stereocenters. The quantitative estimate of drug-likeness (QED) is 0.838. The highest BCUT2D eigenvalue weighted by atomic mass is 19.4. The number of fused-ring (bicyclic) bond motifs is 1. The molecule has 0 radical (unpaired) electrons. The van der Waals surface area contributed by atoms with E-state index in [2.05, 4.69) is 5.32 Å². The minimum Gasteiger partial charge on any atom is -0.481 e. The molecule has 0 aromatic heterocycles. The van der Waals surface area contributed by atoms with Crippen LogP contribution in [0.25, 0.3) is 0 Å². The van der Waals surface area contributed by atoms with Crippen LogP contribution in [0.3, 0.4) is 0 Å². The van der Waals surface area contributed by atoms with Crippen LogP contribution in [0.5, 0.6) is 0 Å². The van der Waals surface area contributed by atoms with Crippen molar-refractivity contribution in [2.45, 2.75) is 44.3 Å². The second-order valence-corrected chi connectivity index (χ2v) is 6.74. The van der Waals surface area contributed by atoms with Crippen molar-refractivity contribution in [3.63, 3.8) is 0 Å². The summed E-state index contributed by atoms with van der Waals surface area (Å²) in [6, 6.07) is -2.61. The number of carbonyl (C=O) groups is 2. The highest BCUT2D eigenvalue weighted by molar-refractivity contribution is 5.80.